The zero-order valence-corrected chi connectivity index (χ0v) is 18.6. The Bertz CT molecular complexity index is 1080. The van der Waals surface area contributed by atoms with Crippen molar-refractivity contribution in [2.75, 3.05) is 37.6 Å². The number of hydrogen-bond donors (Lipinski definition) is 1. The van der Waals surface area contributed by atoms with E-state index in [1.807, 2.05) is 37.3 Å². The smallest absolute Gasteiger partial charge is 0.369 e. The Balaban J connectivity index is 1.39. The number of H-pyrrole nitrogens is 1. The molecule has 9 heteroatoms. The van der Waals surface area contributed by atoms with Crippen LogP contribution in [-0.2, 0) is 18.8 Å². The molecule has 34 heavy (non-hydrogen) atoms. The molecule has 0 aliphatic carbocycles. The van der Waals surface area contributed by atoms with E-state index in [1.165, 1.54) is 5.56 Å². The summed E-state index contributed by atoms with van der Waals surface area (Å²) in [6, 6.07) is 13.9. The Morgan fingerprint density at radius 3 is 1.94 bits per heavy atom. The summed E-state index contributed by atoms with van der Waals surface area (Å²) in [7, 11) is 0. The van der Waals surface area contributed by atoms with Gasteiger partial charge in [0.05, 0.1) is 11.1 Å². The highest BCUT2D eigenvalue weighted by molar-refractivity contribution is 5.61. The second-order valence-electron chi connectivity index (χ2n) is 8.54. The van der Waals surface area contributed by atoms with Crippen molar-refractivity contribution in [2.45, 2.75) is 25.7 Å². The highest BCUT2D eigenvalue weighted by Crippen LogP contribution is 2.38. The second-order valence-corrected chi connectivity index (χ2v) is 8.54. The van der Waals surface area contributed by atoms with E-state index in [4.69, 9.17) is 0 Å². The molecule has 2 heterocycles. The van der Waals surface area contributed by atoms with Crippen LogP contribution in [0.5, 0.6) is 0 Å². The lowest BCUT2D eigenvalue weighted by molar-refractivity contribution is -0.143. The lowest BCUT2D eigenvalue weighted by atomic mass is 10.1. The number of piperazine rings is 1. The van der Waals surface area contributed by atoms with E-state index in [9.17, 15) is 26.3 Å². The number of rotatable bonds is 5. The molecule has 0 bridgehead atoms. The maximum absolute atomic E-state index is 13.2. The highest BCUT2D eigenvalue weighted by atomic mass is 19.4. The normalized spacial score (nSPS) is 15.7. The fraction of sp³-hybridized carbons (Fsp3) is 0.360. The number of alkyl halides is 6. The largest absolute Gasteiger partial charge is 0.416 e. The van der Waals surface area contributed by atoms with Gasteiger partial charge in [-0.05, 0) is 48.7 Å². The number of halogens is 6. The Kier molecular flexibility index (Phi) is 6.66. The predicted molar refractivity (Wildman–Crippen MR) is 120 cm³/mol. The van der Waals surface area contributed by atoms with Gasteiger partial charge in [0.2, 0.25) is 0 Å². The number of nitrogens with zero attached hydrogens (tertiary/aromatic N) is 2. The number of hydrogen-bond acceptors (Lipinski definition) is 2. The van der Waals surface area contributed by atoms with Gasteiger partial charge in [-0.1, -0.05) is 30.3 Å². The monoisotopic (exact) mass is 481 g/mol. The van der Waals surface area contributed by atoms with Crippen LogP contribution in [0.3, 0.4) is 0 Å². The van der Waals surface area contributed by atoms with Gasteiger partial charge in [0.25, 0.3) is 0 Å². The van der Waals surface area contributed by atoms with Crippen LogP contribution in [0, 0.1) is 6.92 Å². The highest BCUT2D eigenvalue weighted by Gasteiger charge is 2.37. The van der Waals surface area contributed by atoms with Crippen LogP contribution < -0.4 is 4.90 Å². The molecule has 0 atom stereocenters. The van der Waals surface area contributed by atoms with Crippen LogP contribution in [0.25, 0.3) is 11.3 Å². The van der Waals surface area contributed by atoms with Crippen LogP contribution in [0.15, 0.2) is 54.6 Å². The molecule has 1 aromatic heterocycles. The van der Waals surface area contributed by atoms with Gasteiger partial charge < -0.3 is 9.88 Å². The van der Waals surface area contributed by atoms with E-state index >= 15 is 0 Å². The number of aromatic amines is 1. The lowest BCUT2D eigenvalue weighted by Crippen LogP contribution is -2.47. The number of aryl methyl sites for hydroxylation is 1. The Morgan fingerprint density at radius 1 is 0.794 bits per heavy atom. The summed E-state index contributed by atoms with van der Waals surface area (Å²) in [5.74, 6) is 0. The van der Waals surface area contributed by atoms with Gasteiger partial charge in [-0.2, -0.15) is 26.3 Å². The lowest BCUT2D eigenvalue weighted by Gasteiger charge is -2.36. The van der Waals surface area contributed by atoms with Gasteiger partial charge in [0.1, 0.15) is 0 Å². The van der Waals surface area contributed by atoms with Gasteiger partial charge in [-0.25, -0.2) is 0 Å². The first-order chi connectivity index (χ1) is 16.0. The molecular weight excluding hydrogens is 456 g/mol. The molecule has 1 saturated heterocycles. The molecule has 1 aliphatic rings. The molecular formula is C25H25F6N3. The molecule has 1 aliphatic heterocycles. The summed E-state index contributed by atoms with van der Waals surface area (Å²) in [6.45, 7) is 4.63. The van der Waals surface area contributed by atoms with Gasteiger partial charge in [-0.15, -0.1) is 0 Å². The first kappa shape index (κ1) is 24.2. The van der Waals surface area contributed by atoms with Gasteiger partial charge in [0, 0.05) is 49.8 Å². The van der Waals surface area contributed by atoms with Crippen molar-refractivity contribution in [3.8, 4) is 11.3 Å². The van der Waals surface area contributed by atoms with E-state index in [0.29, 0.717) is 26.2 Å². The summed E-state index contributed by atoms with van der Waals surface area (Å²) in [5.41, 5.74) is 1.81. The van der Waals surface area contributed by atoms with Gasteiger partial charge >= 0.3 is 12.4 Å². The molecule has 0 unspecified atom stereocenters. The van der Waals surface area contributed by atoms with Gasteiger partial charge in [0.15, 0.2) is 0 Å². The molecule has 1 N–H and O–H groups in total. The van der Waals surface area contributed by atoms with E-state index in [2.05, 4.69) is 16.0 Å². The number of aromatic nitrogens is 1. The summed E-state index contributed by atoms with van der Waals surface area (Å²) in [4.78, 5) is 7.18. The molecule has 0 spiro atoms. The average molecular weight is 481 g/mol. The second kappa shape index (κ2) is 9.37. The molecule has 4 rings (SSSR count). The summed E-state index contributed by atoms with van der Waals surface area (Å²) >= 11 is 0. The third-order valence-electron chi connectivity index (χ3n) is 6.21. The van der Waals surface area contributed by atoms with Gasteiger partial charge in [-0.3, -0.25) is 4.90 Å². The summed E-state index contributed by atoms with van der Waals surface area (Å²) in [6.07, 6.45) is -8.88. The van der Waals surface area contributed by atoms with E-state index in [1.54, 1.807) is 4.90 Å². The SMILES string of the molecule is Cc1[nH]c(-c2ccccc2)cc1CCN1CCN(c2cc(C(F)(F)F)cc(C(F)(F)F)c2)CC1. The zero-order chi connectivity index (χ0) is 24.5. The zero-order valence-electron chi connectivity index (χ0n) is 18.6. The third-order valence-corrected chi connectivity index (χ3v) is 6.21. The molecule has 3 nitrogen and oxygen atoms in total. The van der Waals surface area contributed by atoms with Crippen molar-refractivity contribution >= 4 is 5.69 Å². The van der Waals surface area contributed by atoms with Crippen LogP contribution in [-0.4, -0.2) is 42.6 Å². The first-order valence-corrected chi connectivity index (χ1v) is 11.0. The summed E-state index contributed by atoms with van der Waals surface area (Å²) in [5, 5.41) is 0. The standard InChI is InChI=1S/C25H25F6N3/c1-17-19(13-23(32-17)18-5-3-2-4-6-18)7-8-33-9-11-34(12-10-33)22-15-20(24(26,27)28)14-21(16-22)25(29,30)31/h2-6,13-16,32H,7-12H2,1H3. The number of anilines is 1. The predicted octanol–water partition coefficient (Wildman–Crippen LogP) is 6.39. The molecule has 182 valence electrons. The molecule has 3 aromatic rings. The number of benzene rings is 2. The minimum atomic E-state index is -4.84. The van der Waals surface area contributed by atoms with Crippen molar-refractivity contribution in [1.29, 1.82) is 0 Å². The van der Waals surface area contributed by atoms with Crippen LogP contribution in [0.2, 0.25) is 0 Å². The Morgan fingerprint density at radius 2 is 1.38 bits per heavy atom. The minimum Gasteiger partial charge on any atom is -0.369 e. The molecule has 0 radical (unpaired) electrons. The van der Waals surface area contributed by atoms with Crippen molar-refractivity contribution in [2.24, 2.45) is 0 Å². The molecule has 2 aromatic carbocycles. The fourth-order valence-corrected chi connectivity index (χ4v) is 4.26. The Hall–Kier alpha value is -2.94. The maximum Gasteiger partial charge on any atom is 0.416 e. The van der Waals surface area contributed by atoms with E-state index < -0.39 is 23.5 Å². The van der Waals surface area contributed by atoms with E-state index in [0.717, 1.165) is 42.0 Å². The fourth-order valence-electron chi connectivity index (χ4n) is 4.26. The molecule has 1 fully saturated rings. The first-order valence-electron chi connectivity index (χ1n) is 11.0. The van der Waals surface area contributed by atoms with Crippen molar-refractivity contribution in [1.82, 2.24) is 9.88 Å². The van der Waals surface area contributed by atoms with E-state index in [-0.39, 0.29) is 11.8 Å². The topological polar surface area (TPSA) is 22.3 Å². The average Bonchev–Trinajstić information content (AvgIpc) is 3.17. The molecule has 0 amide bonds. The third kappa shape index (κ3) is 5.58. The van der Waals surface area contributed by atoms with Crippen LogP contribution >= 0.6 is 0 Å². The van der Waals surface area contributed by atoms with Crippen molar-refractivity contribution < 1.29 is 26.3 Å². The molecule has 0 saturated carbocycles. The van der Waals surface area contributed by atoms with Crippen molar-refractivity contribution in [3.63, 3.8) is 0 Å². The van der Waals surface area contributed by atoms with Crippen molar-refractivity contribution in [3.05, 3.63) is 77.0 Å². The number of nitrogens with one attached hydrogen (secondary N) is 1. The minimum absolute atomic E-state index is 0.0456. The van der Waals surface area contributed by atoms with Crippen LogP contribution in [0.1, 0.15) is 22.4 Å². The Labute approximate surface area is 194 Å². The summed E-state index contributed by atoms with van der Waals surface area (Å²) < 4.78 is 79.0. The maximum atomic E-state index is 13.2. The van der Waals surface area contributed by atoms with Crippen LogP contribution in [0.4, 0.5) is 32.0 Å². The quantitative estimate of drug-likeness (QED) is 0.427.